The molecule has 3 aromatic rings. The predicted octanol–water partition coefficient (Wildman–Crippen LogP) is 4.17. The van der Waals surface area contributed by atoms with Crippen LogP contribution in [0.25, 0.3) is 5.13 Å². The third-order valence-corrected chi connectivity index (χ3v) is 7.71. The minimum atomic E-state index is -0.187. The number of piperidine rings is 2. The van der Waals surface area contributed by atoms with E-state index in [1.54, 1.807) is 11.3 Å². The average molecular weight is 454 g/mol. The van der Waals surface area contributed by atoms with Crippen LogP contribution < -0.4 is 4.90 Å². The first-order chi connectivity index (χ1) is 15.7. The molecule has 0 aliphatic carbocycles. The summed E-state index contributed by atoms with van der Waals surface area (Å²) in [5, 5.41) is 10.5. The molecule has 0 atom stereocenters. The van der Waals surface area contributed by atoms with E-state index in [0.29, 0.717) is 11.8 Å². The van der Waals surface area contributed by atoms with Crippen molar-refractivity contribution in [3.63, 3.8) is 0 Å². The van der Waals surface area contributed by atoms with Gasteiger partial charge in [0.2, 0.25) is 16.2 Å². The fourth-order valence-corrected chi connectivity index (χ4v) is 5.65. The maximum atomic E-state index is 13.1. The van der Waals surface area contributed by atoms with Crippen molar-refractivity contribution in [1.29, 1.82) is 0 Å². The number of likely N-dealkylation sites (tertiary alicyclic amines) is 1. The summed E-state index contributed by atoms with van der Waals surface area (Å²) in [6.07, 6.45) is 8.69. The number of aromatic nitrogens is 3. The van der Waals surface area contributed by atoms with Crippen LogP contribution in [0.5, 0.6) is 0 Å². The van der Waals surface area contributed by atoms with Crippen LogP contribution in [-0.2, 0) is 11.2 Å². The van der Waals surface area contributed by atoms with Gasteiger partial charge in [0.25, 0.3) is 0 Å². The minimum absolute atomic E-state index is 0.108. The Bertz CT molecular complexity index is 1020. The molecule has 1 aromatic carbocycles. The van der Waals surface area contributed by atoms with E-state index in [1.165, 1.54) is 17.7 Å². The second kappa shape index (κ2) is 9.40. The first-order valence-electron chi connectivity index (χ1n) is 11.4. The number of carbonyl (C=O) groups is 1. The molecule has 0 saturated carbocycles. The van der Waals surface area contributed by atoms with Gasteiger partial charge in [-0.3, -0.25) is 9.36 Å². The lowest BCUT2D eigenvalue weighted by Gasteiger charge is -2.37. The number of amides is 1. The van der Waals surface area contributed by atoms with Gasteiger partial charge in [0, 0.05) is 44.5 Å². The molecule has 168 valence electrons. The number of hydrogen-bond donors (Lipinski definition) is 0. The Morgan fingerprint density at radius 1 is 0.938 bits per heavy atom. The summed E-state index contributed by atoms with van der Waals surface area (Å²) < 4.78 is 15.1. The third-order valence-electron chi connectivity index (χ3n) is 6.71. The highest BCUT2D eigenvalue weighted by Gasteiger charge is 2.31. The van der Waals surface area contributed by atoms with E-state index < -0.39 is 0 Å². The van der Waals surface area contributed by atoms with E-state index in [1.807, 2.05) is 41.2 Å². The van der Waals surface area contributed by atoms with Gasteiger partial charge in [0.15, 0.2) is 0 Å². The molecule has 0 spiro atoms. The molecule has 2 aliphatic heterocycles. The van der Waals surface area contributed by atoms with Crippen LogP contribution in [0, 0.1) is 17.7 Å². The fraction of sp³-hybridized carbons (Fsp3) is 0.458. The first-order valence-corrected chi connectivity index (χ1v) is 12.2. The summed E-state index contributed by atoms with van der Waals surface area (Å²) in [4.78, 5) is 17.4. The van der Waals surface area contributed by atoms with Crippen LogP contribution in [0.3, 0.4) is 0 Å². The molecule has 0 radical (unpaired) electrons. The largest absolute Gasteiger partial charge is 0.347 e. The van der Waals surface area contributed by atoms with Crippen molar-refractivity contribution >= 4 is 22.4 Å². The molecular weight excluding hydrogens is 425 g/mol. The smallest absolute Gasteiger partial charge is 0.225 e. The van der Waals surface area contributed by atoms with E-state index in [0.717, 1.165) is 68.5 Å². The summed E-state index contributed by atoms with van der Waals surface area (Å²) in [5.41, 5.74) is 1.18. The fourth-order valence-electron chi connectivity index (χ4n) is 4.79. The van der Waals surface area contributed by atoms with Gasteiger partial charge in [-0.2, -0.15) is 0 Å². The lowest BCUT2D eigenvalue weighted by Crippen LogP contribution is -2.45. The van der Waals surface area contributed by atoms with Crippen molar-refractivity contribution in [1.82, 2.24) is 19.7 Å². The van der Waals surface area contributed by atoms with E-state index in [2.05, 4.69) is 20.0 Å². The third kappa shape index (κ3) is 4.70. The van der Waals surface area contributed by atoms with Crippen molar-refractivity contribution in [2.75, 3.05) is 31.1 Å². The maximum Gasteiger partial charge on any atom is 0.225 e. The molecule has 8 heteroatoms. The molecule has 4 heterocycles. The van der Waals surface area contributed by atoms with Crippen LogP contribution in [0.15, 0.2) is 48.8 Å². The minimum Gasteiger partial charge on any atom is -0.347 e. The average Bonchev–Trinajstić information content (AvgIpc) is 3.53. The standard InChI is InChI=1S/C24H28FN5OS/c25-21-5-3-18(4-6-21)17-19-7-13-28(14-8-19)22(31)20-9-15-30(16-10-20)24-27-26-23(32-24)29-11-1-2-12-29/h1-6,11-12,19-20H,7-10,13-17H2. The zero-order valence-corrected chi connectivity index (χ0v) is 18.9. The molecule has 2 fully saturated rings. The Kier molecular flexibility index (Phi) is 6.21. The van der Waals surface area contributed by atoms with Crippen molar-refractivity contribution < 1.29 is 9.18 Å². The van der Waals surface area contributed by atoms with E-state index in [9.17, 15) is 9.18 Å². The number of hydrogen-bond acceptors (Lipinski definition) is 5. The van der Waals surface area contributed by atoms with Gasteiger partial charge in [0.05, 0.1) is 0 Å². The lowest BCUT2D eigenvalue weighted by atomic mass is 9.88. The summed E-state index contributed by atoms with van der Waals surface area (Å²) in [7, 11) is 0. The highest BCUT2D eigenvalue weighted by Crippen LogP contribution is 2.30. The summed E-state index contributed by atoms with van der Waals surface area (Å²) in [6.45, 7) is 3.36. The van der Waals surface area contributed by atoms with Crippen molar-refractivity contribution in [2.45, 2.75) is 32.1 Å². The van der Waals surface area contributed by atoms with Crippen LogP contribution >= 0.6 is 11.3 Å². The molecule has 1 amide bonds. The Balaban J connectivity index is 1.09. The lowest BCUT2D eigenvalue weighted by molar-refractivity contribution is -0.137. The quantitative estimate of drug-likeness (QED) is 0.582. The normalized spacial score (nSPS) is 18.3. The molecular formula is C24H28FN5OS. The van der Waals surface area contributed by atoms with Crippen LogP contribution in [0.2, 0.25) is 0 Å². The molecule has 0 bridgehead atoms. The summed E-state index contributed by atoms with van der Waals surface area (Å²) in [6, 6.07) is 10.8. The van der Waals surface area contributed by atoms with Gasteiger partial charge in [-0.1, -0.05) is 23.5 Å². The second-order valence-corrected chi connectivity index (χ2v) is 9.75. The van der Waals surface area contributed by atoms with Crippen molar-refractivity contribution in [3.8, 4) is 5.13 Å². The molecule has 2 saturated heterocycles. The maximum absolute atomic E-state index is 13.1. The molecule has 5 rings (SSSR count). The Hall–Kier alpha value is -2.74. The van der Waals surface area contributed by atoms with Gasteiger partial charge < -0.3 is 9.80 Å². The van der Waals surface area contributed by atoms with Crippen LogP contribution in [-0.4, -0.2) is 51.8 Å². The number of rotatable bonds is 5. The number of anilines is 1. The molecule has 0 unspecified atom stereocenters. The van der Waals surface area contributed by atoms with E-state index in [-0.39, 0.29) is 11.7 Å². The van der Waals surface area contributed by atoms with Gasteiger partial charge in [-0.25, -0.2) is 4.39 Å². The van der Waals surface area contributed by atoms with Gasteiger partial charge in [-0.15, -0.1) is 10.2 Å². The zero-order chi connectivity index (χ0) is 21.9. The van der Waals surface area contributed by atoms with Crippen molar-refractivity contribution in [3.05, 3.63) is 60.2 Å². The zero-order valence-electron chi connectivity index (χ0n) is 18.1. The SMILES string of the molecule is O=C(C1CCN(c2nnc(-n3cccc3)s2)CC1)N1CCC(Cc2ccc(F)cc2)CC1. The monoisotopic (exact) mass is 453 g/mol. The Morgan fingerprint density at radius 2 is 1.59 bits per heavy atom. The highest BCUT2D eigenvalue weighted by molar-refractivity contribution is 7.17. The van der Waals surface area contributed by atoms with E-state index >= 15 is 0 Å². The second-order valence-electron chi connectivity index (χ2n) is 8.82. The first kappa shape index (κ1) is 21.1. The summed E-state index contributed by atoms with van der Waals surface area (Å²) in [5.74, 6) is 0.804. The van der Waals surface area contributed by atoms with Crippen LogP contribution in [0.4, 0.5) is 9.52 Å². The van der Waals surface area contributed by atoms with Gasteiger partial charge in [0.1, 0.15) is 5.82 Å². The van der Waals surface area contributed by atoms with Crippen molar-refractivity contribution in [2.24, 2.45) is 11.8 Å². The van der Waals surface area contributed by atoms with E-state index in [4.69, 9.17) is 0 Å². The molecule has 2 aromatic heterocycles. The molecule has 0 N–H and O–H groups in total. The number of benzene rings is 1. The highest BCUT2D eigenvalue weighted by atomic mass is 32.1. The Labute approximate surface area is 191 Å². The molecule has 6 nitrogen and oxygen atoms in total. The molecule has 32 heavy (non-hydrogen) atoms. The summed E-state index contributed by atoms with van der Waals surface area (Å²) >= 11 is 1.59. The topological polar surface area (TPSA) is 54.3 Å². The number of halogens is 1. The van der Waals surface area contributed by atoms with Gasteiger partial charge >= 0.3 is 0 Å². The predicted molar refractivity (Wildman–Crippen MR) is 124 cm³/mol. The number of carbonyl (C=O) groups excluding carboxylic acids is 1. The molecule has 2 aliphatic rings. The van der Waals surface area contributed by atoms with Gasteiger partial charge in [-0.05, 0) is 67.9 Å². The van der Waals surface area contributed by atoms with Crippen LogP contribution in [0.1, 0.15) is 31.2 Å². The number of nitrogens with zero attached hydrogens (tertiary/aromatic N) is 5. The Morgan fingerprint density at radius 3 is 2.28 bits per heavy atom.